The van der Waals surface area contributed by atoms with Gasteiger partial charge in [0.05, 0.1) is 11.3 Å². The Bertz CT molecular complexity index is 622. The maximum Gasteiger partial charge on any atom is 0.308 e. The number of carboxylic acid groups (broad SMARTS) is 1. The quantitative estimate of drug-likeness (QED) is 0.918. The second-order valence-corrected chi connectivity index (χ2v) is 7.13. The molecule has 1 saturated heterocycles. The van der Waals surface area contributed by atoms with Crippen LogP contribution < -0.4 is 0 Å². The number of hydrogen-bond acceptors (Lipinski definition) is 2. The summed E-state index contributed by atoms with van der Waals surface area (Å²) in [4.78, 5) is 25.9. The Morgan fingerprint density at radius 3 is 2.27 bits per heavy atom. The van der Waals surface area contributed by atoms with Gasteiger partial charge >= 0.3 is 5.97 Å². The highest BCUT2D eigenvalue weighted by Crippen LogP contribution is 2.54. The van der Waals surface area contributed by atoms with Crippen molar-refractivity contribution < 1.29 is 14.7 Å². The zero-order valence-electron chi connectivity index (χ0n) is 12.2. The molecular weight excluding hydrogens is 325 g/mol. The van der Waals surface area contributed by atoms with Crippen LogP contribution in [0.4, 0.5) is 0 Å². The first-order valence-corrected chi connectivity index (χ1v) is 8.09. The first kappa shape index (κ1) is 15.6. The lowest BCUT2D eigenvalue weighted by Crippen LogP contribution is -2.38. The molecule has 1 N–H and O–H groups in total. The van der Waals surface area contributed by atoms with Crippen LogP contribution in [0.5, 0.6) is 0 Å². The van der Waals surface area contributed by atoms with Crippen LogP contribution in [0.3, 0.4) is 0 Å². The number of carboxylic acids is 1. The van der Waals surface area contributed by atoms with Crippen molar-refractivity contribution in [1.82, 2.24) is 4.90 Å². The minimum absolute atomic E-state index is 0.0426. The SMILES string of the molecule is C[C@@H]1CN(C(=O)C2(c3c(Cl)cccc3Cl)CC2)C[C@H]1C(=O)O. The third-order valence-corrected chi connectivity index (χ3v) is 5.45. The summed E-state index contributed by atoms with van der Waals surface area (Å²) in [6.45, 7) is 2.60. The predicted molar refractivity (Wildman–Crippen MR) is 84.2 cm³/mol. The third-order valence-electron chi connectivity index (χ3n) is 4.82. The van der Waals surface area contributed by atoms with Crippen LogP contribution in [-0.4, -0.2) is 35.0 Å². The van der Waals surface area contributed by atoms with E-state index in [0.29, 0.717) is 35.0 Å². The van der Waals surface area contributed by atoms with E-state index >= 15 is 0 Å². The lowest BCUT2D eigenvalue weighted by atomic mass is 9.94. The van der Waals surface area contributed by atoms with Crippen LogP contribution in [0.15, 0.2) is 18.2 Å². The monoisotopic (exact) mass is 341 g/mol. The average molecular weight is 342 g/mol. The Balaban J connectivity index is 1.88. The number of likely N-dealkylation sites (tertiary alicyclic amines) is 1. The van der Waals surface area contributed by atoms with E-state index in [9.17, 15) is 14.7 Å². The summed E-state index contributed by atoms with van der Waals surface area (Å²) in [6, 6.07) is 5.23. The molecule has 2 aliphatic rings. The molecule has 3 rings (SSSR count). The van der Waals surface area contributed by atoms with Gasteiger partial charge in [-0.05, 0) is 30.9 Å². The van der Waals surface area contributed by atoms with Crippen LogP contribution in [0.2, 0.25) is 10.0 Å². The van der Waals surface area contributed by atoms with E-state index in [4.69, 9.17) is 23.2 Å². The smallest absolute Gasteiger partial charge is 0.308 e. The van der Waals surface area contributed by atoms with Gasteiger partial charge in [0, 0.05) is 28.7 Å². The van der Waals surface area contributed by atoms with Gasteiger partial charge in [0.25, 0.3) is 0 Å². The number of carbonyl (C=O) groups is 2. The minimum atomic E-state index is -0.844. The highest BCUT2D eigenvalue weighted by atomic mass is 35.5. The second kappa shape index (κ2) is 5.43. The predicted octanol–water partition coefficient (Wildman–Crippen LogP) is 3.20. The molecule has 4 nitrogen and oxygen atoms in total. The topological polar surface area (TPSA) is 57.6 Å². The molecule has 1 heterocycles. The lowest BCUT2D eigenvalue weighted by molar-refractivity contribution is -0.142. The number of amides is 1. The summed E-state index contributed by atoms with van der Waals surface area (Å²) < 4.78 is 0. The van der Waals surface area contributed by atoms with Crippen LogP contribution >= 0.6 is 23.2 Å². The van der Waals surface area contributed by atoms with Gasteiger partial charge in [0.1, 0.15) is 0 Å². The van der Waals surface area contributed by atoms with Crippen molar-refractivity contribution >= 4 is 35.1 Å². The molecule has 0 aromatic heterocycles. The Morgan fingerprint density at radius 2 is 1.82 bits per heavy atom. The molecule has 0 spiro atoms. The number of rotatable bonds is 3. The van der Waals surface area contributed by atoms with Crippen LogP contribution in [-0.2, 0) is 15.0 Å². The van der Waals surface area contributed by atoms with Crippen molar-refractivity contribution in [2.24, 2.45) is 11.8 Å². The molecule has 6 heteroatoms. The molecule has 2 fully saturated rings. The molecule has 0 unspecified atom stereocenters. The highest BCUT2D eigenvalue weighted by Gasteiger charge is 2.56. The molecule has 1 amide bonds. The summed E-state index contributed by atoms with van der Waals surface area (Å²) in [5, 5.41) is 10.2. The van der Waals surface area contributed by atoms with Crippen molar-refractivity contribution in [3.05, 3.63) is 33.8 Å². The van der Waals surface area contributed by atoms with Gasteiger partial charge in [-0.15, -0.1) is 0 Å². The normalized spacial score (nSPS) is 26.0. The van der Waals surface area contributed by atoms with Gasteiger partial charge < -0.3 is 10.0 Å². The van der Waals surface area contributed by atoms with Gasteiger partial charge in [-0.1, -0.05) is 36.2 Å². The van der Waals surface area contributed by atoms with Gasteiger partial charge in [-0.3, -0.25) is 9.59 Å². The van der Waals surface area contributed by atoms with Crippen molar-refractivity contribution in [2.45, 2.75) is 25.2 Å². The Labute approximate surface area is 139 Å². The molecule has 118 valence electrons. The molecular formula is C16H17Cl2NO3. The molecule has 1 aromatic carbocycles. The van der Waals surface area contributed by atoms with E-state index in [2.05, 4.69) is 0 Å². The zero-order chi connectivity index (χ0) is 16.1. The fourth-order valence-electron chi connectivity index (χ4n) is 3.41. The summed E-state index contributed by atoms with van der Waals surface area (Å²) >= 11 is 12.5. The number of aliphatic carboxylic acids is 1. The summed E-state index contributed by atoms with van der Waals surface area (Å²) in [7, 11) is 0. The molecule has 1 aliphatic carbocycles. The zero-order valence-corrected chi connectivity index (χ0v) is 13.7. The Morgan fingerprint density at radius 1 is 1.23 bits per heavy atom. The third kappa shape index (κ3) is 2.38. The minimum Gasteiger partial charge on any atom is -0.481 e. The second-order valence-electron chi connectivity index (χ2n) is 6.31. The van der Waals surface area contributed by atoms with Gasteiger partial charge in [-0.25, -0.2) is 0 Å². The molecule has 1 saturated carbocycles. The first-order chi connectivity index (χ1) is 10.4. The van der Waals surface area contributed by atoms with Crippen LogP contribution in [0, 0.1) is 11.8 Å². The lowest BCUT2D eigenvalue weighted by Gasteiger charge is -2.25. The van der Waals surface area contributed by atoms with Crippen molar-refractivity contribution in [3.8, 4) is 0 Å². The van der Waals surface area contributed by atoms with Crippen molar-refractivity contribution in [1.29, 1.82) is 0 Å². The maximum atomic E-state index is 13.0. The molecule has 22 heavy (non-hydrogen) atoms. The van der Waals surface area contributed by atoms with E-state index in [1.165, 1.54) is 0 Å². The van der Waals surface area contributed by atoms with Gasteiger partial charge in [0.15, 0.2) is 0 Å². The van der Waals surface area contributed by atoms with Crippen molar-refractivity contribution in [2.75, 3.05) is 13.1 Å². The number of nitrogens with zero attached hydrogens (tertiary/aromatic N) is 1. The number of carbonyl (C=O) groups excluding carboxylic acids is 1. The Kier molecular flexibility index (Phi) is 3.86. The summed E-state index contributed by atoms with van der Waals surface area (Å²) in [5.41, 5.74) is 0.0254. The largest absolute Gasteiger partial charge is 0.481 e. The fraction of sp³-hybridized carbons (Fsp3) is 0.500. The standard InChI is InChI=1S/C16H17Cl2NO3/c1-9-7-19(8-10(9)14(20)21)15(22)16(5-6-16)13-11(17)3-2-4-12(13)18/h2-4,9-10H,5-8H2,1H3,(H,20,21)/t9-,10-/m1/s1. The molecule has 2 atom stereocenters. The van der Waals surface area contributed by atoms with Crippen LogP contribution in [0.25, 0.3) is 0 Å². The molecule has 1 aromatic rings. The first-order valence-electron chi connectivity index (χ1n) is 7.33. The van der Waals surface area contributed by atoms with E-state index in [1.807, 2.05) is 6.92 Å². The van der Waals surface area contributed by atoms with E-state index in [1.54, 1.807) is 23.1 Å². The van der Waals surface area contributed by atoms with Crippen molar-refractivity contribution in [3.63, 3.8) is 0 Å². The van der Waals surface area contributed by atoms with E-state index < -0.39 is 17.3 Å². The number of benzene rings is 1. The molecule has 1 aliphatic heterocycles. The fourth-order valence-corrected chi connectivity index (χ4v) is 4.17. The average Bonchev–Trinajstić information content (AvgIpc) is 3.14. The highest BCUT2D eigenvalue weighted by molar-refractivity contribution is 6.36. The summed E-state index contributed by atoms with van der Waals surface area (Å²) in [5.74, 6) is -1.43. The van der Waals surface area contributed by atoms with Gasteiger partial charge in [-0.2, -0.15) is 0 Å². The van der Waals surface area contributed by atoms with E-state index in [-0.39, 0.29) is 18.4 Å². The van der Waals surface area contributed by atoms with E-state index in [0.717, 1.165) is 0 Å². The number of halogens is 2. The molecule has 0 radical (unpaired) electrons. The summed E-state index contributed by atoms with van der Waals surface area (Å²) in [6.07, 6.45) is 1.41. The number of hydrogen-bond donors (Lipinski definition) is 1. The Hall–Kier alpha value is -1.26. The van der Waals surface area contributed by atoms with Crippen LogP contribution in [0.1, 0.15) is 25.3 Å². The molecule has 0 bridgehead atoms. The maximum absolute atomic E-state index is 13.0. The van der Waals surface area contributed by atoms with Gasteiger partial charge in [0.2, 0.25) is 5.91 Å².